The van der Waals surface area contributed by atoms with Crippen LogP contribution in [0.15, 0.2) is 24.7 Å². The summed E-state index contributed by atoms with van der Waals surface area (Å²) in [5, 5.41) is 6.98. The number of amides is 1. The topological polar surface area (TPSA) is 75.9 Å². The molecule has 2 aromatic heterocycles. The first kappa shape index (κ1) is 13.5. The molecule has 0 bridgehead atoms. The summed E-state index contributed by atoms with van der Waals surface area (Å²) < 4.78 is 14.7. The molecule has 3 heterocycles. The van der Waals surface area contributed by atoms with E-state index in [0.29, 0.717) is 18.3 Å². The SMILES string of the molecule is CC(=O)Nc1ccn([C@H]2CCN(c3ncc(F)cn3)C2)n1. The van der Waals surface area contributed by atoms with Gasteiger partial charge in [0.25, 0.3) is 0 Å². The van der Waals surface area contributed by atoms with Crippen LogP contribution in [0, 0.1) is 5.82 Å². The van der Waals surface area contributed by atoms with Crippen LogP contribution in [-0.2, 0) is 4.79 Å². The Kier molecular flexibility index (Phi) is 3.51. The fourth-order valence-electron chi connectivity index (χ4n) is 2.40. The molecule has 1 atom stereocenters. The Bertz CT molecular complexity index is 640. The number of hydrogen-bond acceptors (Lipinski definition) is 5. The lowest BCUT2D eigenvalue weighted by atomic mass is 10.3. The highest BCUT2D eigenvalue weighted by atomic mass is 19.1. The molecule has 7 nitrogen and oxygen atoms in total. The van der Waals surface area contributed by atoms with Crippen molar-refractivity contribution in [3.63, 3.8) is 0 Å². The fourth-order valence-corrected chi connectivity index (χ4v) is 2.40. The van der Waals surface area contributed by atoms with Gasteiger partial charge in [0.2, 0.25) is 11.9 Å². The van der Waals surface area contributed by atoms with E-state index >= 15 is 0 Å². The quantitative estimate of drug-likeness (QED) is 0.920. The molecule has 2 aromatic rings. The number of halogens is 1. The van der Waals surface area contributed by atoms with E-state index < -0.39 is 5.82 Å². The molecule has 1 aliphatic heterocycles. The monoisotopic (exact) mass is 290 g/mol. The van der Waals surface area contributed by atoms with Crippen LogP contribution in [0.25, 0.3) is 0 Å². The first-order valence-corrected chi connectivity index (χ1v) is 6.67. The summed E-state index contributed by atoms with van der Waals surface area (Å²) >= 11 is 0. The van der Waals surface area contributed by atoms with E-state index in [4.69, 9.17) is 0 Å². The fraction of sp³-hybridized carbons (Fsp3) is 0.385. The van der Waals surface area contributed by atoms with Crippen molar-refractivity contribution < 1.29 is 9.18 Å². The van der Waals surface area contributed by atoms with Crippen molar-refractivity contribution in [1.82, 2.24) is 19.7 Å². The van der Waals surface area contributed by atoms with Crippen molar-refractivity contribution in [2.45, 2.75) is 19.4 Å². The van der Waals surface area contributed by atoms with Crippen LogP contribution in [-0.4, -0.2) is 38.7 Å². The van der Waals surface area contributed by atoms with E-state index in [9.17, 15) is 9.18 Å². The molecule has 1 aliphatic rings. The van der Waals surface area contributed by atoms with Gasteiger partial charge in [0, 0.05) is 32.3 Å². The standard InChI is InChI=1S/C13H15FN6O/c1-9(21)17-12-3-5-20(18-12)11-2-4-19(8-11)13-15-6-10(14)7-16-13/h3,5-7,11H,2,4,8H2,1H3,(H,17,18,21)/t11-/m0/s1. The number of carbonyl (C=O) groups is 1. The van der Waals surface area contributed by atoms with Gasteiger partial charge in [0.15, 0.2) is 11.6 Å². The minimum Gasteiger partial charge on any atom is -0.339 e. The summed E-state index contributed by atoms with van der Waals surface area (Å²) in [4.78, 5) is 21.0. The zero-order valence-corrected chi connectivity index (χ0v) is 11.5. The Morgan fingerprint density at radius 2 is 2.19 bits per heavy atom. The van der Waals surface area contributed by atoms with Gasteiger partial charge in [-0.15, -0.1) is 0 Å². The van der Waals surface area contributed by atoms with Crippen molar-refractivity contribution in [2.75, 3.05) is 23.3 Å². The van der Waals surface area contributed by atoms with Crippen LogP contribution in [0.1, 0.15) is 19.4 Å². The number of nitrogens with one attached hydrogen (secondary N) is 1. The van der Waals surface area contributed by atoms with Crippen LogP contribution in [0.4, 0.5) is 16.2 Å². The maximum absolute atomic E-state index is 12.8. The Morgan fingerprint density at radius 1 is 1.43 bits per heavy atom. The molecule has 0 radical (unpaired) electrons. The van der Waals surface area contributed by atoms with Crippen molar-refractivity contribution in [3.05, 3.63) is 30.5 Å². The first-order valence-electron chi connectivity index (χ1n) is 6.67. The van der Waals surface area contributed by atoms with Gasteiger partial charge < -0.3 is 10.2 Å². The molecule has 1 fully saturated rings. The maximum atomic E-state index is 12.8. The molecule has 3 rings (SSSR count). The number of rotatable bonds is 3. The first-order chi connectivity index (χ1) is 10.1. The van der Waals surface area contributed by atoms with E-state index in [1.807, 2.05) is 15.8 Å². The minimum atomic E-state index is -0.443. The van der Waals surface area contributed by atoms with Gasteiger partial charge in [-0.3, -0.25) is 9.48 Å². The smallest absolute Gasteiger partial charge is 0.225 e. The molecular formula is C13H15FN6O. The third kappa shape index (κ3) is 2.99. The van der Waals surface area contributed by atoms with E-state index in [1.54, 1.807) is 6.07 Å². The van der Waals surface area contributed by atoms with Gasteiger partial charge in [0.05, 0.1) is 18.4 Å². The van der Waals surface area contributed by atoms with Crippen LogP contribution in [0.3, 0.4) is 0 Å². The highest BCUT2D eigenvalue weighted by molar-refractivity contribution is 5.87. The molecule has 21 heavy (non-hydrogen) atoms. The molecule has 0 aromatic carbocycles. The van der Waals surface area contributed by atoms with E-state index in [2.05, 4.69) is 20.4 Å². The van der Waals surface area contributed by atoms with E-state index in [-0.39, 0.29) is 11.9 Å². The molecule has 0 spiro atoms. The second-order valence-electron chi connectivity index (χ2n) is 4.95. The van der Waals surface area contributed by atoms with Crippen molar-refractivity contribution in [3.8, 4) is 0 Å². The second kappa shape index (κ2) is 5.47. The number of carbonyl (C=O) groups excluding carboxylic acids is 1. The van der Waals surface area contributed by atoms with Gasteiger partial charge in [0.1, 0.15) is 0 Å². The van der Waals surface area contributed by atoms with Crippen LogP contribution in [0.2, 0.25) is 0 Å². The van der Waals surface area contributed by atoms with Crippen LogP contribution in [0.5, 0.6) is 0 Å². The van der Waals surface area contributed by atoms with Crippen LogP contribution >= 0.6 is 0 Å². The molecular weight excluding hydrogens is 275 g/mol. The molecule has 0 unspecified atom stereocenters. The summed E-state index contributed by atoms with van der Waals surface area (Å²) in [5.74, 6) is 0.474. The predicted octanol–water partition coefficient (Wildman–Crippen LogP) is 1.22. The summed E-state index contributed by atoms with van der Waals surface area (Å²) in [6.07, 6.45) is 5.06. The molecule has 8 heteroatoms. The van der Waals surface area contributed by atoms with Gasteiger partial charge in [-0.25, -0.2) is 14.4 Å². The summed E-state index contributed by atoms with van der Waals surface area (Å²) in [5.41, 5.74) is 0. The summed E-state index contributed by atoms with van der Waals surface area (Å²) in [6, 6.07) is 1.94. The lowest BCUT2D eigenvalue weighted by Gasteiger charge is -2.16. The summed E-state index contributed by atoms with van der Waals surface area (Å²) in [7, 11) is 0. The highest BCUT2D eigenvalue weighted by Crippen LogP contribution is 2.24. The van der Waals surface area contributed by atoms with Gasteiger partial charge in [-0.1, -0.05) is 0 Å². The van der Waals surface area contributed by atoms with E-state index in [1.165, 1.54) is 19.3 Å². The molecule has 110 valence electrons. The third-order valence-corrected chi connectivity index (χ3v) is 3.34. The molecule has 1 amide bonds. The maximum Gasteiger partial charge on any atom is 0.225 e. The average Bonchev–Trinajstić information content (AvgIpc) is 3.07. The zero-order valence-electron chi connectivity index (χ0n) is 11.5. The Balaban J connectivity index is 1.67. The van der Waals surface area contributed by atoms with Gasteiger partial charge >= 0.3 is 0 Å². The van der Waals surface area contributed by atoms with Crippen molar-refractivity contribution in [1.29, 1.82) is 0 Å². The number of aromatic nitrogens is 4. The third-order valence-electron chi connectivity index (χ3n) is 3.34. The van der Waals surface area contributed by atoms with Gasteiger partial charge in [-0.05, 0) is 6.42 Å². The number of hydrogen-bond donors (Lipinski definition) is 1. The van der Waals surface area contributed by atoms with Crippen LogP contribution < -0.4 is 10.2 Å². The predicted molar refractivity (Wildman–Crippen MR) is 74.4 cm³/mol. The molecule has 1 saturated heterocycles. The normalized spacial score (nSPS) is 18.0. The Morgan fingerprint density at radius 3 is 2.90 bits per heavy atom. The zero-order chi connectivity index (χ0) is 14.8. The lowest BCUT2D eigenvalue weighted by molar-refractivity contribution is -0.114. The molecule has 1 N–H and O–H groups in total. The lowest BCUT2D eigenvalue weighted by Crippen LogP contribution is -2.23. The van der Waals surface area contributed by atoms with Crippen molar-refractivity contribution in [2.24, 2.45) is 0 Å². The minimum absolute atomic E-state index is 0.145. The average molecular weight is 290 g/mol. The van der Waals surface area contributed by atoms with Crippen molar-refractivity contribution >= 4 is 17.7 Å². The number of anilines is 2. The number of nitrogens with zero attached hydrogens (tertiary/aromatic N) is 5. The molecule has 0 saturated carbocycles. The van der Waals surface area contributed by atoms with Gasteiger partial charge in [-0.2, -0.15) is 5.10 Å². The van der Waals surface area contributed by atoms with E-state index in [0.717, 1.165) is 13.0 Å². The highest BCUT2D eigenvalue weighted by Gasteiger charge is 2.26. The second-order valence-corrected chi connectivity index (χ2v) is 4.95. The Labute approximate surface area is 120 Å². The largest absolute Gasteiger partial charge is 0.339 e. The summed E-state index contributed by atoms with van der Waals surface area (Å²) in [6.45, 7) is 2.93. The molecule has 0 aliphatic carbocycles. The Hall–Kier alpha value is -2.51.